The molecule has 0 spiro atoms. The van der Waals surface area contributed by atoms with Crippen molar-refractivity contribution in [2.24, 2.45) is 0 Å². The SMILES string of the molecule is Cc1cc(F)c(F)cc1C(=O)Nc1ccc(C(=O)N2CCC(F)(F)[C@](O)(CO)c3cc(Cl)ccc32)c(F)c1. The quantitative estimate of drug-likeness (QED) is 0.388. The van der Waals surface area contributed by atoms with Crippen LogP contribution in [0.5, 0.6) is 0 Å². The average Bonchev–Trinajstić information content (AvgIpc) is 2.93. The van der Waals surface area contributed by atoms with Crippen molar-refractivity contribution in [3.63, 3.8) is 0 Å². The Balaban J connectivity index is 1.66. The van der Waals surface area contributed by atoms with Gasteiger partial charge in [0.2, 0.25) is 0 Å². The summed E-state index contributed by atoms with van der Waals surface area (Å²) >= 11 is 5.93. The Morgan fingerprint density at radius 2 is 1.68 bits per heavy atom. The van der Waals surface area contributed by atoms with Crippen LogP contribution in [-0.4, -0.2) is 41.1 Å². The molecule has 0 radical (unpaired) electrons. The Morgan fingerprint density at radius 1 is 1.00 bits per heavy atom. The van der Waals surface area contributed by atoms with Gasteiger partial charge in [-0.1, -0.05) is 11.6 Å². The molecule has 200 valence electrons. The normalized spacial score (nSPS) is 18.5. The van der Waals surface area contributed by atoms with Crippen LogP contribution in [0.3, 0.4) is 0 Å². The first-order valence-electron chi connectivity index (χ1n) is 11.2. The van der Waals surface area contributed by atoms with Crippen molar-refractivity contribution in [3.05, 3.63) is 93.3 Å². The standard InChI is InChI=1S/C26H20ClF5N2O4/c1-13-8-20(29)21(30)11-17(13)23(36)33-15-3-4-16(19(28)10-15)24(37)34-7-6-26(31,32)25(38,12-35)18-9-14(27)2-5-22(18)34/h2-5,8-11,35,38H,6-7,12H2,1H3,(H,33,36)/t25-/m0/s1. The van der Waals surface area contributed by atoms with Crippen LogP contribution in [0.25, 0.3) is 0 Å². The molecule has 0 aromatic heterocycles. The van der Waals surface area contributed by atoms with Crippen LogP contribution in [0.15, 0.2) is 48.5 Å². The molecule has 1 atom stereocenters. The van der Waals surface area contributed by atoms with Crippen molar-refractivity contribution in [1.82, 2.24) is 0 Å². The Hall–Kier alpha value is -3.54. The third kappa shape index (κ3) is 4.72. The summed E-state index contributed by atoms with van der Waals surface area (Å²) in [5.41, 5.74) is -4.46. The lowest BCUT2D eigenvalue weighted by Crippen LogP contribution is -2.48. The summed E-state index contributed by atoms with van der Waals surface area (Å²) in [5.74, 6) is -9.24. The van der Waals surface area contributed by atoms with Gasteiger partial charge in [-0.25, -0.2) is 22.0 Å². The molecule has 1 heterocycles. The number of rotatable bonds is 4. The molecule has 0 saturated carbocycles. The van der Waals surface area contributed by atoms with Crippen LogP contribution in [0, 0.1) is 24.4 Å². The smallest absolute Gasteiger partial charge is 0.284 e. The number of hydrogen-bond acceptors (Lipinski definition) is 4. The molecule has 4 rings (SSSR count). The van der Waals surface area contributed by atoms with Crippen molar-refractivity contribution in [1.29, 1.82) is 0 Å². The lowest BCUT2D eigenvalue weighted by molar-refractivity contribution is -0.205. The highest BCUT2D eigenvalue weighted by atomic mass is 35.5. The van der Waals surface area contributed by atoms with Gasteiger partial charge in [0.15, 0.2) is 17.2 Å². The minimum Gasteiger partial charge on any atom is -0.393 e. The summed E-state index contributed by atoms with van der Waals surface area (Å²) < 4.78 is 71.7. The second-order valence-corrected chi connectivity index (χ2v) is 9.26. The lowest BCUT2D eigenvalue weighted by atomic mass is 9.86. The van der Waals surface area contributed by atoms with Gasteiger partial charge in [-0.2, -0.15) is 0 Å². The van der Waals surface area contributed by atoms with Crippen LogP contribution in [-0.2, 0) is 5.60 Å². The van der Waals surface area contributed by atoms with Gasteiger partial charge >= 0.3 is 0 Å². The summed E-state index contributed by atoms with van der Waals surface area (Å²) in [6.45, 7) is -0.612. The van der Waals surface area contributed by atoms with E-state index in [4.69, 9.17) is 11.6 Å². The number of halogens is 6. The first-order valence-corrected chi connectivity index (χ1v) is 11.6. The van der Waals surface area contributed by atoms with Crippen LogP contribution in [0.4, 0.5) is 33.3 Å². The molecule has 2 amide bonds. The highest BCUT2D eigenvalue weighted by Crippen LogP contribution is 2.47. The first-order chi connectivity index (χ1) is 17.8. The zero-order valence-corrected chi connectivity index (χ0v) is 20.4. The van der Waals surface area contributed by atoms with Crippen LogP contribution in [0.1, 0.15) is 38.3 Å². The molecular weight excluding hydrogens is 535 g/mol. The second-order valence-electron chi connectivity index (χ2n) is 8.82. The molecule has 3 aromatic rings. The molecule has 0 unspecified atom stereocenters. The first kappa shape index (κ1) is 27.5. The number of aliphatic hydroxyl groups is 2. The van der Waals surface area contributed by atoms with Crippen LogP contribution in [0.2, 0.25) is 5.02 Å². The van der Waals surface area contributed by atoms with E-state index in [9.17, 15) is 37.4 Å². The average molecular weight is 555 g/mol. The molecule has 12 heteroatoms. The number of anilines is 2. The van der Waals surface area contributed by atoms with Gasteiger partial charge in [0.05, 0.1) is 17.9 Å². The van der Waals surface area contributed by atoms with E-state index in [-0.39, 0.29) is 27.5 Å². The van der Waals surface area contributed by atoms with Gasteiger partial charge in [0, 0.05) is 34.8 Å². The molecule has 0 bridgehead atoms. The van der Waals surface area contributed by atoms with Gasteiger partial charge < -0.3 is 20.4 Å². The fourth-order valence-corrected chi connectivity index (χ4v) is 4.44. The fraction of sp³-hybridized carbons (Fsp3) is 0.231. The van der Waals surface area contributed by atoms with E-state index in [0.717, 1.165) is 29.2 Å². The van der Waals surface area contributed by atoms with Crippen molar-refractivity contribution in [2.75, 3.05) is 23.4 Å². The van der Waals surface area contributed by atoms with E-state index in [1.807, 2.05) is 0 Å². The molecule has 3 N–H and O–H groups in total. The lowest BCUT2D eigenvalue weighted by Gasteiger charge is -2.33. The number of amides is 2. The predicted molar refractivity (Wildman–Crippen MR) is 129 cm³/mol. The number of alkyl halides is 2. The number of benzene rings is 3. The number of nitrogens with one attached hydrogen (secondary N) is 1. The van der Waals surface area contributed by atoms with Gasteiger partial charge in [-0.05, 0) is 61.0 Å². The number of carbonyl (C=O) groups excluding carboxylic acids is 2. The number of hydrogen-bond donors (Lipinski definition) is 3. The maximum atomic E-state index is 15.0. The largest absolute Gasteiger partial charge is 0.393 e. The minimum absolute atomic E-state index is 0.0386. The van der Waals surface area contributed by atoms with E-state index in [1.54, 1.807) is 0 Å². The zero-order chi connectivity index (χ0) is 28.0. The van der Waals surface area contributed by atoms with Crippen molar-refractivity contribution < 1.29 is 41.8 Å². The van der Waals surface area contributed by atoms with E-state index in [0.29, 0.717) is 6.07 Å². The van der Waals surface area contributed by atoms with E-state index < -0.39 is 71.5 Å². The summed E-state index contributed by atoms with van der Waals surface area (Å²) in [4.78, 5) is 26.6. The maximum absolute atomic E-state index is 15.0. The summed E-state index contributed by atoms with van der Waals surface area (Å²) in [5, 5.41) is 22.6. The number of aliphatic hydroxyl groups excluding tert-OH is 1. The molecular formula is C26H20ClF5N2O4. The van der Waals surface area contributed by atoms with Gasteiger partial charge in [-0.3, -0.25) is 9.59 Å². The molecule has 0 aliphatic carbocycles. The molecule has 38 heavy (non-hydrogen) atoms. The monoisotopic (exact) mass is 554 g/mol. The third-order valence-corrected chi connectivity index (χ3v) is 6.63. The Morgan fingerprint density at radius 3 is 2.34 bits per heavy atom. The van der Waals surface area contributed by atoms with Crippen molar-refractivity contribution >= 4 is 34.8 Å². The Labute approximate surface area is 218 Å². The predicted octanol–water partition coefficient (Wildman–Crippen LogP) is 5.18. The minimum atomic E-state index is -3.86. The number of fused-ring (bicyclic) bond motifs is 1. The van der Waals surface area contributed by atoms with Crippen LogP contribution >= 0.6 is 11.6 Å². The molecule has 0 saturated heterocycles. The van der Waals surface area contributed by atoms with Crippen LogP contribution < -0.4 is 10.2 Å². The summed E-state index contributed by atoms with van der Waals surface area (Å²) in [6.07, 6.45) is -1.05. The maximum Gasteiger partial charge on any atom is 0.284 e. The summed E-state index contributed by atoms with van der Waals surface area (Å²) in [7, 11) is 0. The summed E-state index contributed by atoms with van der Waals surface area (Å²) in [6, 6.07) is 8.01. The van der Waals surface area contributed by atoms with E-state index >= 15 is 4.39 Å². The van der Waals surface area contributed by atoms with Gasteiger partial charge in [0.1, 0.15) is 5.82 Å². The highest BCUT2D eigenvalue weighted by molar-refractivity contribution is 6.30. The fourth-order valence-electron chi connectivity index (χ4n) is 4.26. The van der Waals surface area contributed by atoms with Gasteiger partial charge in [0.25, 0.3) is 17.7 Å². The molecule has 0 fully saturated rings. The van der Waals surface area contributed by atoms with Crippen molar-refractivity contribution in [2.45, 2.75) is 24.9 Å². The van der Waals surface area contributed by atoms with E-state index in [2.05, 4.69) is 5.32 Å². The van der Waals surface area contributed by atoms with E-state index in [1.165, 1.54) is 25.1 Å². The Bertz CT molecular complexity index is 1450. The number of aryl methyl sites for hydroxylation is 1. The highest BCUT2D eigenvalue weighted by Gasteiger charge is 2.56. The Kier molecular flexibility index (Phi) is 7.21. The van der Waals surface area contributed by atoms with Gasteiger partial charge in [-0.15, -0.1) is 0 Å². The second kappa shape index (κ2) is 9.97. The topological polar surface area (TPSA) is 89.9 Å². The number of carbonyl (C=O) groups is 2. The number of nitrogens with zero attached hydrogens (tertiary/aromatic N) is 1. The molecule has 1 aliphatic rings. The zero-order valence-electron chi connectivity index (χ0n) is 19.7. The molecule has 3 aromatic carbocycles. The third-order valence-electron chi connectivity index (χ3n) is 6.39. The molecule has 1 aliphatic heterocycles. The van der Waals surface area contributed by atoms with Crippen molar-refractivity contribution in [3.8, 4) is 0 Å². The molecule has 6 nitrogen and oxygen atoms in total.